The van der Waals surface area contributed by atoms with Gasteiger partial charge in [0.05, 0.1) is 51.0 Å². The number of methoxy groups -OCH3 is 3. The van der Waals surface area contributed by atoms with Crippen molar-refractivity contribution in [1.29, 1.82) is 0 Å². The number of aromatic nitrogens is 1. The fourth-order valence-corrected chi connectivity index (χ4v) is 8.05. The van der Waals surface area contributed by atoms with E-state index >= 15 is 0 Å². The molecule has 0 spiro atoms. The third-order valence-electron chi connectivity index (χ3n) is 8.77. The van der Waals surface area contributed by atoms with Gasteiger partial charge < -0.3 is 47.3 Å². The van der Waals surface area contributed by atoms with E-state index in [2.05, 4.69) is 51.0 Å². The molecule has 4 heterocycles. The fourth-order valence-electron chi connectivity index (χ4n) is 6.50. The average molecular weight is 657 g/mol. The molecule has 12 heteroatoms. The lowest BCUT2D eigenvalue weighted by Crippen LogP contribution is -3.00. The molecule has 0 unspecified atom stereocenters. The van der Waals surface area contributed by atoms with Crippen LogP contribution in [0.5, 0.6) is 23.0 Å². The SMILES string of the molecule is COc1cc2c(cc1OCCCNC(=O)CCCC[C@@H]1SC[C@@H]3NC(=O)N[C@@H]31)CC[n+]1cc3c(OC)c(OC)ccc3cc1-2.[Cl-]. The Kier molecular flexibility index (Phi) is 10.7. The van der Waals surface area contributed by atoms with Gasteiger partial charge in [0.2, 0.25) is 11.6 Å². The largest absolute Gasteiger partial charge is 1.00 e. The smallest absolute Gasteiger partial charge is 0.315 e. The summed E-state index contributed by atoms with van der Waals surface area (Å²) in [6, 6.07) is 10.7. The Bertz CT molecular complexity index is 1560. The lowest BCUT2D eigenvalue weighted by atomic mass is 9.95. The van der Waals surface area contributed by atoms with E-state index in [1.807, 2.05) is 17.8 Å². The summed E-state index contributed by atoms with van der Waals surface area (Å²) in [5.41, 5.74) is 3.46. The van der Waals surface area contributed by atoms with Gasteiger partial charge in [0.15, 0.2) is 35.7 Å². The minimum atomic E-state index is -0.0546. The van der Waals surface area contributed by atoms with Gasteiger partial charge >= 0.3 is 6.03 Å². The molecule has 0 radical (unpaired) electrons. The van der Waals surface area contributed by atoms with Crippen molar-refractivity contribution in [2.75, 3.05) is 40.2 Å². The molecule has 1 aromatic heterocycles. The number of benzene rings is 2. The number of carbonyl (C=O) groups is 2. The van der Waals surface area contributed by atoms with Crippen molar-refractivity contribution in [3.8, 4) is 34.3 Å². The molecule has 0 saturated carbocycles. The molecule has 10 nitrogen and oxygen atoms in total. The zero-order valence-corrected chi connectivity index (χ0v) is 27.5. The Morgan fingerprint density at radius 2 is 1.87 bits per heavy atom. The van der Waals surface area contributed by atoms with Gasteiger partial charge in [0.1, 0.15) is 0 Å². The molecule has 3 aliphatic heterocycles. The molecule has 45 heavy (non-hydrogen) atoms. The van der Waals surface area contributed by atoms with Crippen LogP contribution in [-0.2, 0) is 17.8 Å². The van der Waals surface area contributed by atoms with E-state index in [-0.39, 0.29) is 36.4 Å². The van der Waals surface area contributed by atoms with Crippen molar-refractivity contribution < 1.29 is 45.5 Å². The summed E-state index contributed by atoms with van der Waals surface area (Å²) in [6.45, 7) is 1.89. The number of hydrogen-bond donors (Lipinski definition) is 3. The molecule has 3 N–H and O–H groups in total. The van der Waals surface area contributed by atoms with Crippen LogP contribution in [0, 0.1) is 0 Å². The molecule has 2 saturated heterocycles. The first-order valence-electron chi connectivity index (χ1n) is 15.4. The lowest BCUT2D eigenvalue weighted by Gasteiger charge is -2.19. The number of amides is 3. The van der Waals surface area contributed by atoms with Gasteiger partial charge in [-0.15, -0.1) is 0 Å². The van der Waals surface area contributed by atoms with E-state index in [1.54, 1.807) is 21.3 Å². The molecule has 0 bridgehead atoms. The number of ether oxygens (including phenoxy) is 4. The average Bonchev–Trinajstić information content (AvgIpc) is 3.59. The number of nitrogens with one attached hydrogen (secondary N) is 3. The maximum absolute atomic E-state index is 12.3. The second kappa shape index (κ2) is 14.7. The van der Waals surface area contributed by atoms with Crippen LogP contribution < -0.4 is 51.9 Å². The normalized spacial score (nSPS) is 19.4. The second-order valence-corrected chi connectivity index (χ2v) is 12.8. The third-order valence-corrected chi connectivity index (χ3v) is 10.3. The van der Waals surface area contributed by atoms with Crippen LogP contribution in [-0.4, -0.2) is 69.5 Å². The number of pyridine rings is 1. The highest BCUT2D eigenvalue weighted by Gasteiger charge is 2.42. The van der Waals surface area contributed by atoms with Crippen LogP contribution >= 0.6 is 11.8 Å². The molecule has 3 aliphatic rings. The molecule has 242 valence electrons. The Hall–Kier alpha value is -3.57. The number of rotatable bonds is 13. The number of nitrogens with zero attached hydrogens (tertiary/aromatic N) is 1. The molecule has 3 aromatic rings. The quantitative estimate of drug-likeness (QED) is 0.143. The Labute approximate surface area is 274 Å². The van der Waals surface area contributed by atoms with Gasteiger partial charge in [-0.3, -0.25) is 4.79 Å². The maximum atomic E-state index is 12.3. The number of aryl methyl sites for hydroxylation is 2. The van der Waals surface area contributed by atoms with E-state index in [0.717, 1.165) is 71.5 Å². The molecule has 3 atom stereocenters. The van der Waals surface area contributed by atoms with Crippen molar-refractivity contribution >= 4 is 34.5 Å². The minimum Gasteiger partial charge on any atom is -1.00 e. The van der Waals surface area contributed by atoms with Gasteiger partial charge in [0.25, 0.3) is 0 Å². The number of unbranched alkanes of at least 4 members (excludes halogenated alkanes) is 1. The van der Waals surface area contributed by atoms with Crippen LogP contribution in [0.25, 0.3) is 22.0 Å². The summed E-state index contributed by atoms with van der Waals surface area (Å²) in [4.78, 5) is 23.9. The van der Waals surface area contributed by atoms with Gasteiger partial charge in [-0.2, -0.15) is 16.3 Å². The lowest BCUT2D eigenvalue weighted by molar-refractivity contribution is -0.686. The highest BCUT2D eigenvalue weighted by atomic mass is 35.5. The first-order chi connectivity index (χ1) is 21.5. The number of thioether (sulfide) groups is 1. The number of halogens is 1. The molecule has 0 aliphatic carbocycles. The van der Waals surface area contributed by atoms with E-state index in [1.165, 1.54) is 5.56 Å². The van der Waals surface area contributed by atoms with E-state index in [4.69, 9.17) is 18.9 Å². The van der Waals surface area contributed by atoms with Crippen LogP contribution in [0.2, 0.25) is 0 Å². The predicted molar refractivity (Wildman–Crippen MR) is 170 cm³/mol. The summed E-state index contributed by atoms with van der Waals surface area (Å²) in [5, 5.41) is 11.5. The molecular weight excluding hydrogens is 616 g/mol. The van der Waals surface area contributed by atoms with Crippen molar-refractivity contribution in [3.63, 3.8) is 0 Å². The zero-order valence-electron chi connectivity index (χ0n) is 26.0. The third kappa shape index (κ3) is 6.99. The Morgan fingerprint density at radius 3 is 2.67 bits per heavy atom. The number of urea groups is 1. The summed E-state index contributed by atoms with van der Waals surface area (Å²) < 4.78 is 25.3. The van der Waals surface area contributed by atoms with Gasteiger partial charge in [-0.1, -0.05) is 6.42 Å². The molecule has 2 aromatic carbocycles. The van der Waals surface area contributed by atoms with E-state index in [0.29, 0.717) is 42.7 Å². The van der Waals surface area contributed by atoms with Gasteiger partial charge in [-0.05, 0) is 54.5 Å². The van der Waals surface area contributed by atoms with Crippen LogP contribution in [0.1, 0.15) is 37.7 Å². The first-order valence-corrected chi connectivity index (χ1v) is 16.4. The monoisotopic (exact) mass is 656 g/mol. The summed E-state index contributed by atoms with van der Waals surface area (Å²) >= 11 is 1.91. The first kappa shape index (κ1) is 32.8. The molecule has 2 fully saturated rings. The summed E-state index contributed by atoms with van der Waals surface area (Å²) in [5.74, 6) is 3.90. The van der Waals surface area contributed by atoms with Crippen LogP contribution in [0.3, 0.4) is 0 Å². The number of carbonyl (C=O) groups excluding carboxylic acids is 2. The maximum Gasteiger partial charge on any atom is 0.315 e. The Morgan fingerprint density at radius 1 is 1.02 bits per heavy atom. The Balaban J connectivity index is 0.00000400. The number of fused-ring (bicyclic) bond motifs is 5. The van der Waals surface area contributed by atoms with Crippen molar-refractivity contribution in [2.24, 2.45) is 0 Å². The summed E-state index contributed by atoms with van der Waals surface area (Å²) in [7, 11) is 4.98. The van der Waals surface area contributed by atoms with Gasteiger partial charge in [-0.25, -0.2) is 4.79 Å². The second-order valence-electron chi connectivity index (χ2n) is 11.5. The zero-order chi connectivity index (χ0) is 30.6. The van der Waals surface area contributed by atoms with E-state index < -0.39 is 0 Å². The van der Waals surface area contributed by atoms with Crippen LogP contribution in [0.15, 0.2) is 36.5 Å². The van der Waals surface area contributed by atoms with Crippen molar-refractivity contribution in [3.05, 3.63) is 42.1 Å². The van der Waals surface area contributed by atoms with Gasteiger partial charge in [0, 0.05) is 36.5 Å². The molecule has 3 amide bonds. The summed E-state index contributed by atoms with van der Waals surface area (Å²) in [6.07, 6.45) is 7.07. The molecule has 6 rings (SSSR count). The highest BCUT2D eigenvalue weighted by molar-refractivity contribution is 8.00. The van der Waals surface area contributed by atoms with E-state index in [9.17, 15) is 9.59 Å². The van der Waals surface area contributed by atoms with Crippen LogP contribution in [0.4, 0.5) is 4.79 Å². The minimum absolute atomic E-state index is 0. The van der Waals surface area contributed by atoms with Crippen molar-refractivity contribution in [2.45, 2.75) is 62.4 Å². The predicted octanol–water partition coefficient (Wildman–Crippen LogP) is 0.991. The fraction of sp³-hybridized carbons (Fsp3) is 0.485. The topological polar surface area (TPSA) is 111 Å². The standard InChI is InChI=1S/C33H40N4O6S.ClH/c1-40-26-10-9-20-15-25-22-17-27(41-2)28(16-21(22)11-13-37(25)18-23(20)32(26)42-3)43-14-6-12-34-30(38)8-5-4-7-29-31-24(19-44-29)35-33(39)36-31;/h9-10,15-18,24,29,31H,4-8,11-14,19H2,1-3H3,(H2-,34,35,36,38,39);1H/t24-,29-,31-;/m0./s1. The van der Waals surface area contributed by atoms with Crippen molar-refractivity contribution in [1.82, 2.24) is 16.0 Å². The number of hydrogen-bond acceptors (Lipinski definition) is 7. The molecular formula is C33H41ClN4O6S. The highest BCUT2D eigenvalue weighted by Crippen LogP contribution is 2.40.